The average Bonchev–Trinajstić information content (AvgIpc) is 3.36. The Morgan fingerprint density at radius 2 is 2.11 bits per heavy atom. The quantitative estimate of drug-likeness (QED) is 0.379. The van der Waals surface area contributed by atoms with Crippen LogP contribution >= 0.6 is 0 Å². The van der Waals surface area contributed by atoms with Crippen LogP contribution in [0.5, 0.6) is 5.75 Å². The SMILES string of the molecule is CCc1ccc2oc(-c3cc(NC(=O)/C=C/c4ccco4)ccc3O)nc2c1. The monoisotopic (exact) mass is 374 g/mol. The minimum Gasteiger partial charge on any atom is -0.507 e. The molecule has 0 radical (unpaired) electrons. The Balaban J connectivity index is 1.59. The zero-order valence-electron chi connectivity index (χ0n) is 15.2. The van der Waals surface area contributed by atoms with Crippen molar-refractivity contribution in [1.82, 2.24) is 4.98 Å². The van der Waals surface area contributed by atoms with Crippen molar-refractivity contribution in [3.63, 3.8) is 0 Å². The molecule has 0 spiro atoms. The molecule has 28 heavy (non-hydrogen) atoms. The van der Waals surface area contributed by atoms with Crippen molar-refractivity contribution >= 4 is 28.8 Å². The van der Waals surface area contributed by atoms with Gasteiger partial charge in [-0.3, -0.25) is 4.79 Å². The number of aryl methyl sites for hydroxylation is 1. The smallest absolute Gasteiger partial charge is 0.248 e. The Hall–Kier alpha value is -3.80. The molecule has 140 valence electrons. The fourth-order valence-electron chi connectivity index (χ4n) is 2.82. The first-order valence-electron chi connectivity index (χ1n) is 8.88. The minimum atomic E-state index is -0.321. The van der Waals surface area contributed by atoms with Crippen LogP contribution in [-0.2, 0) is 11.2 Å². The molecule has 0 atom stereocenters. The highest BCUT2D eigenvalue weighted by Crippen LogP contribution is 2.33. The summed E-state index contributed by atoms with van der Waals surface area (Å²) in [6, 6.07) is 14.0. The number of nitrogens with zero attached hydrogens (tertiary/aromatic N) is 1. The van der Waals surface area contributed by atoms with E-state index >= 15 is 0 Å². The van der Waals surface area contributed by atoms with E-state index < -0.39 is 0 Å². The van der Waals surface area contributed by atoms with Crippen LogP contribution in [0.3, 0.4) is 0 Å². The molecular weight excluding hydrogens is 356 g/mol. The van der Waals surface area contributed by atoms with E-state index in [9.17, 15) is 9.90 Å². The van der Waals surface area contributed by atoms with E-state index in [0.29, 0.717) is 28.5 Å². The van der Waals surface area contributed by atoms with Crippen LogP contribution in [0.1, 0.15) is 18.2 Å². The topological polar surface area (TPSA) is 88.5 Å². The highest BCUT2D eigenvalue weighted by atomic mass is 16.3. The third kappa shape index (κ3) is 3.66. The second kappa shape index (κ2) is 7.44. The number of amides is 1. The molecule has 6 heteroatoms. The molecule has 0 aliphatic heterocycles. The summed E-state index contributed by atoms with van der Waals surface area (Å²) in [7, 11) is 0. The van der Waals surface area contributed by atoms with Gasteiger partial charge >= 0.3 is 0 Å². The second-order valence-electron chi connectivity index (χ2n) is 6.24. The van der Waals surface area contributed by atoms with Gasteiger partial charge in [0.1, 0.15) is 17.0 Å². The van der Waals surface area contributed by atoms with Crippen LogP contribution in [-0.4, -0.2) is 16.0 Å². The number of carbonyl (C=O) groups excluding carboxylic acids is 1. The van der Waals surface area contributed by atoms with Crippen LogP contribution in [0.4, 0.5) is 5.69 Å². The Labute approximate surface area is 161 Å². The van der Waals surface area contributed by atoms with Gasteiger partial charge in [-0.15, -0.1) is 0 Å². The van der Waals surface area contributed by atoms with Crippen molar-refractivity contribution in [3.8, 4) is 17.2 Å². The van der Waals surface area contributed by atoms with E-state index in [0.717, 1.165) is 17.5 Å². The summed E-state index contributed by atoms with van der Waals surface area (Å²) in [5.41, 5.74) is 3.44. The summed E-state index contributed by atoms with van der Waals surface area (Å²) in [6.07, 6.45) is 5.38. The van der Waals surface area contributed by atoms with Crippen molar-refractivity contribution < 1.29 is 18.7 Å². The van der Waals surface area contributed by atoms with E-state index in [-0.39, 0.29) is 11.7 Å². The van der Waals surface area contributed by atoms with E-state index in [1.54, 1.807) is 30.3 Å². The first-order chi connectivity index (χ1) is 13.6. The Kier molecular flexibility index (Phi) is 4.68. The predicted octanol–water partition coefficient (Wildman–Crippen LogP) is 5.01. The first-order valence-corrected chi connectivity index (χ1v) is 8.88. The van der Waals surface area contributed by atoms with Gasteiger partial charge in [0.25, 0.3) is 0 Å². The highest BCUT2D eigenvalue weighted by Gasteiger charge is 2.14. The molecule has 2 aromatic carbocycles. The number of fused-ring (bicyclic) bond motifs is 1. The number of furan rings is 1. The molecule has 4 aromatic rings. The normalized spacial score (nSPS) is 11.3. The van der Waals surface area contributed by atoms with Crippen LogP contribution in [0, 0.1) is 0 Å². The molecule has 0 bridgehead atoms. The summed E-state index contributed by atoms with van der Waals surface area (Å²) in [5, 5.41) is 13.0. The number of rotatable bonds is 5. The number of aromatic hydroxyl groups is 1. The number of carbonyl (C=O) groups is 1. The zero-order chi connectivity index (χ0) is 19.5. The molecule has 4 rings (SSSR count). The lowest BCUT2D eigenvalue weighted by Crippen LogP contribution is -2.07. The molecule has 0 aliphatic carbocycles. The van der Waals surface area contributed by atoms with Crippen molar-refractivity contribution in [3.05, 3.63) is 72.2 Å². The average molecular weight is 374 g/mol. The number of anilines is 1. The number of aromatic nitrogens is 1. The fraction of sp³-hybridized carbons (Fsp3) is 0.0909. The van der Waals surface area contributed by atoms with Gasteiger partial charge in [0.2, 0.25) is 11.8 Å². The Bertz CT molecular complexity index is 1160. The Morgan fingerprint density at radius 3 is 2.89 bits per heavy atom. The first kappa shape index (κ1) is 17.6. The molecular formula is C22H18N2O4. The number of nitrogens with one attached hydrogen (secondary N) is 1. The van der Waals surface area contributed by atoms with E-state index in [1.807, 2.05) is 18.2 Å². The molecule has 0 fully saturated rings. The summed E-state index contributed by atoms with van der Waals surface area (Å²) in [6.45, 7) is 2.07. The van der Waals surface area contributed by atoms with Crippen molar-refractivity contribution in [1.29, 1.82) is 0 Å². The lowest BCUT2D eigenvalue weighted by atomic mass is 10.1. The maximum atomic E-state index is 12.1. The molecule has 2 heterocycles. The molecule has 6 nitrogen and oxygen atoms in total. The summed E-state index contributed by atoms with van der Waals surface area (Å²) >= 11 is 0. The van der Waals surface area contributed by atoms with Gasteiger partial charge in [0.05, 0.1) is 11.8 Å². The molecule has 0 unspecified atom stereocenters. The maximum Gasteiger partial charge on any atom is 0.248 e. The largest absolute Gasteiger partial charge is 0.507 e. The van der Waals surface area contributed by atoms with Crippen LogP contribution < -0.4 is 5.32 Å². The molecule has 1 amide bonds. The molecule has 0 aliphatic rings. The fourth-order valence-corrected chi connectivity index (χ4v) is 2.82. The van der Waals surface area contributed by atoms with Gasteiger partial charge in [-0.2, -0.15) is 0 Å². The highest BCUT2D eigenvalue weighted by molar-refractivity contribution is 6.02. The van der Waals surface area contributed by atoms with Gasteiger partial charge in [0, 0.05) is 11.8 Å². The molecule has 0 saturated carbocycles. The van der Waals surface area contributed by atoms with E-state index in [4.69, 9.17) is 8.83 Å². The zero-order valence-corrected chi connectivity index (χ0v) is 15.2. The number of phenols is 1. The molecule has 0 saturated heterocycles. The van der Waals surface area contributed by atoms with Crippen LogP contribution in [0.25, 0.3) is 28.6 Å². The number of benzene rings is 2. The van der Waals surface area contributed by atoms with Gasteiger partial charge in [0.15, 0.2) is 5.58 Å². The van der Waals surface area contributed by atoms with Crippen molar-refractivity contribution in [2.24, 2.45) is 0 Å². The number of phenolic OH excluding ortho intramolecular Hbond substituents is 1. The summed E-state index contributed by atoms with van der Waals surface area (Å²) in [4.78, 5) is 16.6. The van der Waals surface area contributed by atoms with Gasteiger partial charge in [-0.1, -0.05) is 13.0 Å². The third-order valence-corrected chi connectivity index (χ3v) is 4.30. The lowest BCUT2D eigenvalue weighted by molar-refractivity contribution is -0.111. The Morgan fingerprint density at radius 1 is 1.21 bits per heavy atom. The van der Waals surface area contributed by atoms with Crippen molar-refractivity contribution in [2.75, 3.05) is 5.32 Å². The summed E-state index contributed by atoms with van der Waals surface area (Å²) < 4.78 is 10.9. The number of hydrogen-bond acceptors (Lipinski definition) is 5. The minimum absolute atomic E-state index is 0.0198. The second-order valence-corrected chi connectivity index (χ2v) is 6.24. The standard InChI is InChI=1S/C22H18N2O4/c1-2-14-5-9-20-18(12-14)24-22(28-20)17-13-15(6-8-19(17)25)23-21(26)10-7-16-4-3-11-27-16/h3-13,25H,2H2,1H3,(H,23,26)/b10-7+. The lowest BCUT2D eigenvalue weighted by Gasteiger charge is -2.05. The predicted molar refractivity (Wildman–Crippen MR) is 107 cm³/mol. The third-order valence-electron chi connectivity index (χ3n) is 4.30. The van der Waals surface area contributed by atoms with Crippen molar-refractivity contribution in [2.45, 2.75) is 13.3 Å². The number of oxazole rings is 1. The van der Waals surface area contributed by atoms with E-state index in [1.165, 1.54) is 18.4 Å². The number of hydrogen-bond donors (Lipinski definition) is 2. The maximum absolute atomic E-state index is 12.1. The van der Waals surface area contributed by atoms with Gasteiger partial charge in [-0.25, -0.2) is 4.98 Å². The van der Waals surface area contributed by atoms with Gasteiger partial charge in [-0.05, 0) is 60.5 Å². The summed E-state index contributed by atoms with van der Waals surface area (Å²) in [5.74, 6) is 0.576. The van der Waals surface area contributed by atoms with Crippen LogP contribution in [0.15, 0.2) is 69.7 Å². The van der Waals surface area contributed by atoms with Crippen LogP contribution in [0.2, 0.25) is 0 Å². The molecule has 2 N–H and O–H groups in total. The van der Waals surface area contributed by atoms with E-state index in [2.05, 4.69) is 17.2 Å². The van der Waals surface area contributed by atoms with Gasteiger partial charge < -0.3 is 19.3 Å². The molecule has 2 aromatic heterocycles.